The van der Waals surface area contributed by atoms with Gasteiger partial charge in [-0.15, -0.1) is 0 Å². The highest BCUT2D eigenvalue weighted by Gasteiger charge is 2.39. The van der Waals surface area contributed by atoms with Gasteiger partial charge in [0.05, 0.1) is 18.2 Å². The molecular formula is C17H23ClN2O2. The van der Waals surface area contributed by atoms with Crippen LogP contribution in [0.4, 0.5) is 5.69 Å². The number of hydrogen-bond acceptors (Lipinski definition) is 3. The summed E-state index contributed by atoms with van der Waals surface area (Å²) in [6.45, 7) is 0. The van der Waals surface area contributed by atoms with Crippen LogP contribution >= 0.6 is 11.6 Å². The molecule has 22 heavy (non-hydrogen) atoms. The number of fused-ring (bicyclic) bond motifs is 1. The third kappa shape index (κ3) is 2.95. The second kappa shape index (κ2) is 6.47. The van der Waals surface area contributed by atoms with E-state index in [9.17, 15) is 4.79 Å². The molecule has 3 unspecified atom stereocenters. The number of anilines is 1. The highest BCUT2D eigenvalue weighted by molar-refractivity contribution is 6.32. The Morgan fingerprint density at radius 3 is 2.82 bits per heavy atom. The fraction of sp³-hybridized carbons (Fsp3) is 0.588. The number of amides is 1. The fourth-order valence-electron chi connectivity index (χ4n) is 3.74. The number of methoxy groups -OCH3 is 1. The van der Waals surface area contributed by atoms with Crippen molar-refractivity contribution in [1.82, 2.24) is 5.32 Å². The molecule has 1 saturated carbocycles. The van der Waals surface area contributed by atoms with E-state index < -0.39 is 0 Å². The Morgan fingerprint density at radius 1 is 1.36 bits per heavy atom. The van der Waals surface area contributed by atoms with Gasteiger partial charge in [-0.3, -0.25) is 4.79 Å². The van der Waals surface area contributed by atoms with E-state index in [0.717, 1.165) is 12.1 Å². The van der Waals surface area contributed by atoms with Gasteiger partial charge in [-0.25, -0.2) is 0 Å². The summed E-state index contributed by atoms with van der Waals surface area (Å²) in [7, 11) is 3.39. The number of halogens is 1. The van der Waals surface area contributed by atoms with Gasteiger partial charge in [0.2, 0.25) is 5.91 Å². The topological polar surface area (TPSA) is 41.6 Å². The monoisotopic (exact) mass is 322 g/mol. The zero-order valence-corrected chi connectivity index (χ0v) is 13.9. The average molecular weight is 323 g/mol. The molecule has 2 aliphatic rings. The van der Waals surface area contributed by atoms with Crippen LogP contribution in [0.15, 0.2) is 18.2 Å². The highest BCUT2D eigenvalue weighted by atomic mass is 35.5. The normalized spacial score (nSPS) is 27.3. The molecule has 0 bridgehead atoms. The van der Waals surface area contributed by atoms with Crippen LogP contribution in [0.3, 0.4) is 0 Å². The van der Waals surface area contributed by atoms with Crippen LogP contribution in [0.25, 0.3) is 0 Å². The molecule has 1 aliphatic heterocycles. The van der Waals surface area contributed by atoms with E-state index in [1.807, 2.05) is 13.1 Å². The molecule has 2 fully saturated rings. The highest BCUT2D eigenvalue weighted by Crippen LogP contribution is 2.34. The van der Waals surface area contributed by atoms with Gasteiger partial charge in [0.25, 0.3) is 0 Å². The molecule has 1 amide bonds. The minimum absolute atomic E-state index is 0.0704. The lowest BCUT2D eigenvalue weighted by molar-refractivity contribution is -0.120. The Kier molecular flexibility index (Phi) is 4.59. The van der Waals surface area contributed by atoms with Crippen LogP contribution in [-0.4, -0.2) is 32.1 Å². The van der Waals surface area contributed by atoms with Crippen LogP contribution in [0.5, 0.6) is 5.75 Å². The van der Waals surface area contributed by atoms with Gasteiger partial charge in [0.15, 0.2) is 0 Å². The maximum atomic E-state index is 12.7. The molecule has 0 aromatic heterocycles. The zero-order valence-electron chi connectivity index (χ0n) is 13.1. The van der Waals surface area contributed by atoms with Crippen LogP contribution in [-0.2, 0) is 4.79 Å². The van der Waals surface area contributed by atoms with Gasteiger partial charge < -0.3 is 15.0 Å². The van der Waals surface area contributed by atoms with Gasteiger partial charge >= 0.3 is 0 Å². The number of likely N-dealkylation sites (N-methyl/N-ethyl adjacent to an activating group) is 1. The number of nitrogens with zero attached hydrogens (tertiary/aromatic N) is 1. The van der Waals surface area contributed by atoms with Crippen molar-refractivity contribution in [3.05, 3.63) is 23.2 Å². The van der Waals surface area contributed by atoms with Gasteiger partial charge in [-0.05, 0) is 43.4 Å². The quantitative estimate of drug-likeness (QED) is 0.929. The van der Waals surface area contributed by atoms with Gasteiger partial charge in [0, 0.05) is 18.8 Å². The predicted octanol–water partition coefficient (Wildman–Crippen LogP) is 3.23. The average Bonchev–Trinajstić information content (AvgIpc) is 2.97. The molecule has 1 N–H and O–H groups in total. The summed E-state index contributed by atoms with van der Waals surface area (Å²) in [5.41, 5.74) is 0.799. The van der Waals surface area contributed by atoms with E-state index in [0.29, 0.717) is 22.7 Å². The number of nitrogens with one attached hydrogen (secondary N) is 1. The smallest absolute Gasteiger partial charge is 0.243 e. The lowest BCUT2D eigenvalue weighted by Gasteiger charge is -2.24. The van der Waals surface area contributed by atoms with E-state index in [-0.39, 0.29) is 11.9 Å². The van der Waals surface area contributed by atoms with E-state index >= 15 is 0 Å². The van der Waals surface area contributed by atoms with E-state index in [1.165, 1.54) is 25.7 Å². The molecule has 5 heteroatoms. The molecule has 1 saturated heterocycles. The summed E-state index contributed by atoms with van der Waals surface area (Å²) in [5, 5.41) is 4.05. The van der Waals surface area contributed by atoms with Crippen molar-refractivity contribution >= 4 is 23.2 Å². The fourth-order valence-corrected chi connectivity index (χ4v) is 3.99. The first-order valence-corrected chi connectivity index (χ1v) is 8.35. The standard InChI is InChI=1S/C17H23ClN2O2/c1-20(12-7-8-16(22-2)13(18)10-12)17(21)15-9-11-5-3-4-6-14(11)19-15/h7-8,10-11,14-15,19H,3-6,9H2,1-2H3. The second-order valence-electron chi connectivity index (χ2n) is 6.32. The van der Waals surface area contributed by atoms with Crippen molar-refractivity contribution in [1.29, 1.82) is 0 Å². The number of rotatable bonds is 3. The summed E-state index contributed by atoms with van der Waals surface area (Å²) < 4.78 is 5.16. The maximum Gasteiger partial charge on any atom is 0.243 e. The van der Waals surface area contributed by atoms with Crippen LogP contribution < -0.4 is 15.0 Å². The van der Waals surface area contributed by atoms with Crippen molar-refractivity contribution < 1.29 is 9.53 Å². The molecule has 3 rings (SSSR count). The van der Waals surface area contributed by atoms with E-state index in [4.69, 9.17) is 16.3 Å². The lowest BCUT2D eigenvalue weighted by Crippen LogP contribution is -2.44. The molecule has 1 aromatic rings. The molecule has 0 spiro atoms. The third-order valence-corrected chi connectivity index (χ3v) is 5.31. The van der Waals surface area contributed by atoms with Crippen molar-refractivity contribution in [2.75, 3.05) is 19.1 Å². The van der Waals surface area contributed by atoms with Gasteiger partial charge in [-0.2, -0.15) is 0 Å². The second-order valence-corrected chi connectivity index (χ2v) is 6.73. The minimum Gasteiger partial charge on any atom is -0.495 e. The van der Waals surface area contributed by atoms with Crippen LogP contribution in [0, 0.1) is 5.92 Å². The summed E-state index contributed by atoms with van der Waals surface area (Å²) in [5.74, 6) is 1.41. The van der Waals surface area contributed by atoms with Crippen molar-refractivity contribution in [2.45, 2.75) is 44.2 Å². The van der Waals surface area contributed by atoms with Crippen molar-refractivity contribution in [3.63, 3.8) is 0 Å². The Morgan fingerprint density at radius 2 is 2.14 bits per heavy atom. The van der Waals surface area contributed by atoms with Crippen LogP contribution in [0.1, 0.15) is 32.1 Å². The van der Waals surface area contributed by atoms with Gasteiger partial charge in [-0.1, -0.05) is 24.4 Å². The number of carbonyl (C=O) groups excluding carboxylic acids is 1. The minimum atomic E-state index is -0.0704. The van der Waals surface area contributed by atoms with Crippen molar-refractivity contribution in [3.8, 4) is 5.75 Å². The van der Waals surface area contributed by atoms with Gasteiger partial charge in [0.1, 0.15) is 5.75 Å². The van der Waals surface area contributed by atoms with Crippen molar-refractivity contribution in [2.24, 2.45) is 5.92 Å². The molecule has 0 radical (unpaired) electrons. The first-order valence-electron chi connectivity index (χ1n) is 7.97. The zero-order chi connectivity index (χ0) is 15.7. The first kappa shape index (κ1) is 15.6. The maximum absolute atomic E-state index is 12.7. The number of carbonyl (C=O) groups is 1. The number of benzene rings is 1. The molecule has 4 nitrogen and oxygen atoms in total. The third-order valence-electron chi connectivity index (χ3n) is 5.01. The van der Waals surface area contributed by atoms with E-state index in [1.54, 1.807) is 24.1 Å². The lowest BCUT2D eigenvalue weighted by atomic mass is 9.85. The summed E-state index contributed by atoms with van der Waals surface area (Å²) in [4.78, 5) is 14.4. The van der Waals surface area contributed by atoms with Crippen LogP contribution in [0.2, 0.25) is 5.02 Å². The molecule has 120 valence electrons. The predicted molar refractivity (Wildman–Crippen MR) is 88.7 cm³/mol. The molecule has 3 atom stereocenters. The Bertz CT molecular complexity index is 550. The molecule has 1 aliphatic carbocycles. The SMILES string of the molecule is COc1ccc(N(C)C(=O)C2CC3CCCCC3N2)cc1Cl. The number of ether oxygens (including phenoxy) is 1. The Balaban J connectivity index is 1.70. The molecule has 1 aromatic carbocycles. The summed E-state index contributed by atoms with van der Waals surface area (Å²) in [6.07, 6.45) is 5.98. The summed E-state index contributed by atoms with van der Waals surface area (Å²) >= 11 is 6.16. The van der Waals surface area contributed by atoms with E-state index in [2.05, 4.69) is 5.32 Å². The Labute approximate surface area is 136 Å². The largest absolute Gasteiger partial charge is 0.495 e. The number of hydrogen-bond donors (Lipinski definition) is 1. The molecular weight excluding hydrogens is 300 g/mol. The summed E-state index contributed by atoms with van der Waals surface area (Å²) in [6, 6.07) is 5.89. The molecule has 1 heterocycles. The first-order chi connectivity index (χ1) is 10.6. The Hall–Kier alpha value is -1.26.